The molecule has 1 aromatic heterocycles. The minimum Gasteiger partial charge on any atom is -0.494 e. The number of nitrogens with two attached hydrogens (primary N) is 1. The van der Waals surface area contributed by atoms with Crippen LogP contribution in [-0.2, 0) is 6.42 Å². The van der Waals surface area contributed by atoms with Crippen molar-refractivity contribution in [3.05, 3.63) is 59.3 Å². The number of benzene rings is 2. The standard InChI is InChI=1S/C21H21FN4O2/c1-2-27-16-3-4-19-13(6-16)5-14(11-28-19)21-25-18-8-12(15(9-23)10-24)7-17(22)20(18)26-21/h3-4,6-10,14,23H,2,5,11,24H2,1H3,(H,25,26)/b15-10+,23-9?. The van der Waals surface area contributed by atoms with E-state index < -0.39 is 5.82 Å². The number of fused-ring (bicyclic) bond motifs is 2. The zero-order chi connectivity index (χ0) is 19.7. The average molecular weight is 380 g/mol. The maximum absolute atomic E-state index is 14.6. The van der Waals surface area contributed by atoms with Gasteiger partial charge in [-0.2, -0.15) is 0 Å². The minimum atomic E-state index is -0.452. The molecular formula is C21H21FN4O2. The molecule has 0 aliphatic carbocycles. The van der Waals surface area contributed by atoms with Crippen molar-refractivity contribution in [2.24, 2.45) is 5.73 Å². The Bertz CT molecular complexity index is 1070. The summed E-state index contributed by atoms with van der Waals surface area (Å²) >= 11 is 0. The highest BCUT2D eigenvalue weighted by Crippen LogP contribution is 2.35. The first-order chi connectivity index (χ1) is 13.6. The molecule has 6 nitrogen and oxygen atoms in total. The largest absolute Gasteiger partial charge is 0.494 e. The molecule has 0 radical (unpaired) electrons. The molecule has 0 spiro atoms. The third kappa shape index (κ3) is 3.19. The van der Waals surface area contributed by atoms with Gasteiger partial charge in [0.1, 0.15) is 22.8 Å². The Morgan fingerprint density at radius 1 is 1.43 bits per heavy atom. The average Bonchev–Trinajstić information content (AvgIpc) is 3.14. The normalized spacial score (nSPS) is 16.5. The molecule has 144 valence electrons. The molecule has 1 atom stereocenters. The first-order valence-electron chi connectivity index (χ1n) is 9.13. The van der Waals surface area contributed by atoms with Gasteiger partial charge in [0.05, 0.1) is 24.6 Å². The van der Waals surface area contributed by atoms with Gasteiger partial charge >= 0.3 is 0 Å². The molecule has 1 aliphatic heterocycles. The second-order valence-corrected chi connectivity index (χ2v) is 6.66. The number of ether oxygens (including phenoxy) is 2. The van der Waals surface area contributed by atoms with Gasteiger partial charge in [0, 0.05) is 18.0 Å². The number of hydrogen-bond acceptors (Lipinski definition) is 5. The molecule has 3 aromatic rings. The zero-order valence-corrected chi connectivity index (χ0v) is 15.5. The summed E-state index contributed by atoms with van der Waals surface area (Å²) in [5, 5.41) is 7.41. The van der Waals surface area contributed by atoms with E-state index in [0.717, 1.165) is 29.7 Å². The van der Waals surface area contributed by atoms with Crippen molar-refractivity contribution in [3.8, 4) is 11.5 Å². The fraction of sp³-hybridized carbons (Fsp3) is 0.238. The fourth-order valence-corrected chi connectivity index (χ4v) is 3.49. The molecule has 1 unspecified atom stereocenters. The number of H-pyrrole nitrogens is 1. The summed E-state index contributed by atoms with van der Waals surface area (Å²) in [6.07, 6.45) is 3.10. The van der Waals surface area contributed by atoms with Gasteiger partial charge < -0.3 is 25.6 Å². The van der Waals surface area contributed by atoms with Crippen LogP contribution in [0.2, 0.25) is 0 Å². The highest BCUT2D eigenvalue weighted by atomic mass is 19.1. The maximum atomic E-state index is 14.6. The Kier molecular flexibility index (Phi) is 4.73. The first-order valence-corrected chi connectivity index (χ1v) is 9.13. The van der Waals surface area contributed by atoms with Crippen LogP contribution in [-0.4, -0.2) is 29.4 Å². The number of rotatable bonds is 5. The zero-order valence-electron chi connectivity index (χ0n) is 15.5. The van der Waals surface area contributed by atoms with Crippen molar-refractivity contribution in [2.75, 3.05) is 13.2 Å². The molecule has 2 aromatic carbocycles. The van der Waals surface area contributed by atoms with Crippen LogP contribution in [0.1, 0.15) is 29.8 Å². The Morgan fingerprint density at radius 2 is 2.29 bits per heavy atom. The van der Waals surface area contributed by atoms with Gasteiger partial charge in [-0.3, -0.25) is 0 Å². The summed E-state index contributed by atoms with van der Waals surface area (Å²) in [4.78, 5) is 7.68. The van der Waals surface area contributed by atoms with Crippen LogP contribution in [0.25, 0.3) is 16.6 Å². The number of halogens is 1. The second-order valence-electron chi connectivity index (χ2n) is 6.66. The summed E-state index contributed by atoms with van der Waals surface area (Å²) < 4.78 is 26.0. The topological polar surface area (TPSA) is 97.0 Å². The predicted octanol–water partition coefficient (Wildman–Crippen LogP) is 3.77. The second kappa shape index (κ2) is 7.34. The number of aromatic nitrogens is 2. The van der Waals surface area contributed by atoms with Crippen LogP contribution in [0.15, 0.2) is 36.5 Å². The molecule has 0 fully saturated rings. The lowest BCUT2D eigenvalue weighted by atomic mass is 9.96. The van der Waals surface area contributed by atoms with Crippen molar-refractivity contribution in [3.63, 3.8) is 0 Å². The van der Waals surface area contributed by atoms with Crippen molar-refractivity contribution in [1.29, 1.82) is 5.41 Å². The number of hydrogen-bond donors (Lipinski definition) is 3. The maximum Gasteiger partial charge on any atom is 0.151 e. The molecule has 0 saturated carbocycles. The highest BCUT2D eigenvalue weighted by molar-refractivity contribution is 6.09. The van der Waals surface area contributed by atoms with Gasteiger partial charge in [0.25, 0.3) is 0 Å². The Hall–Kier alpha value is -3.35. The predicted molar refractivity (Wildman–Crippen MR) is 107 cm³/mol. The number of imidazole rings is 1. The molecule has 0 saturated heterocycles. The summed E-state index contributed by atoms with van der Waals surface area (Å²) in [7, 11) is 0. The lowest BCUT2D eigenvalue weighted by Gasteiger charge is -2.24. The van der Waals surface area contributed by atoms with E-state index in [1.807, 2.05) is 25.1 Å². The number of aromatic amines is 1. The molecule has 7 heteroatoms. The molecule has 2 heterocycles. The molecule has 1 aliphatic rings. The third-order valence-corrected chi connectivity index (χ3v) is 4.86. The van der Waals surface area contributed by atoms with Crippen LogP contribution >= 0.6 is 0 Å². The quantitative estimate of drug-likeness (QED) is 0.587. The van der Waals surface area contributed by atoms with E-state index in [-0.39, 0.29) is 11.4 Å². The van der Waals surface area contributed by atoms with Gasteiger partial charge in [0.15, 0.2) is 5.82 Å². The van der Waals surface area contributed by atoms with Crippen LogP contribution in [0.4, 0.5) is 4.39 Å². The molecule has 0 bridgehead atoms. The smallest absolute Gasteiger partial charge is 0.151 e. The molecule has 0 amide bonds. The number of nitrogens with zero attached hydrogens (tertiary/aromatic N) is 1. The van der Waals surface area contributed by atoms with Crippen molar-refractivity contribution in [2.45, 2.75) is 19.3 Å². The fourth-order valence-electron chi connectivity index (χ4n) is 3.49. The van der Waals surface area contributed by atoms with Crippen molar-refractivity contribution >= 4 is 22.8 Å². The minimum absolute atomic E-state index is 0.0214. The van der Waals surface area contributed by atoms with E-state index in [1.165, 1.54) is 12.3 Å². The first kappa shape index (κ1) is 18.0. The Balaban J connectivity index is 1.67. The molecule has 4 rings (SSSR count). The van der Waals surface area contributed by atoms with Gasteiger partial charge in [-0.05, 0) is 54.8 Å². The van der Waals surface area contributed by atoms with Crippen LogP contribution in [0.3, 0.4) is 0 Å². The van der Waals surface area contributed by atoms with Crippen molar-refractivity contribution < 1.29 is 13.9 Å². The van der Waals surface area contributed by atoms with Crippen molar-refractivity contribution in [1.82, 2.24) is 9.97 Å². The SMILES string of the molecule is CCOc1ccc2c(c1)CC(c1nc3c(F)cc(/C(C=N)=C/N)cc3[nH]1)CO2. The van der Waals surface area contributed by atoms with Crippen LogP contribution < -0.4 is 15.2 Å². The summed E-state index contributed by atoms with van der Waals surface area (Å²) in [6.45, 7) is 3.01. The van der Waals surface area contributed by atoms with Crippen LogP contribution in [0, 0.1) is 11.2 Å². The summed E-state index contributed by atoms with van der Waals surface area (Å²) in [5.74, 6) is 1.84. The van der Waals surface area contributed by atoms with Gasteiger partial charge in [-0.25, -0.2) is 9.37 Å². The number of nitrogens with one attached hydrogen (secondary N) is 2. The lowest BCUT2D eigenvalue weighted by molar-refractivity contribution is 0.257. The molecule has 28 heavy (non-hydrogen) atoms. The lowest BCUT2D eigenvalue weighted by Crippen LogP contribution is -2.20. The number of allylic oxidation sites excluding steroid dienone is 1. The van der Waals surface area contributed by atoms with Crippen LogP contribution in [0.5, 0.6) is 11.5 Å². The van der Waals surface area contributed by atoms with Gasteiger partial charge in [0.2, 0.25) is 0 Å². The van der Waals surface area contributed by atoms with E-state index in [4.69, 9.17) is 20.6 Å². The third-order valence-electron chi connectivity index (χ3n) is 4.86. The monoisotopic (exact) mass is 380 g/mol. The van der Waals surface area contributed by atoms with Gasteiger partial charge in [-0.15, -0.1) is 0 Å². The van der Waals surface area contributed by atoms with E-state index in [2.05, 4.69) is 9.97 Å². The Labute approximate surface area is 161 Å². The van der Waals surface area contributed by atoms with E-state index >= 15 is 0 Å². The Morgan fingerprint density at radius 3 is 3.04 bits per heavy atom. The van der Waals surface area contributed by atoms with Gasteiger partial charge in [-0.1, -0.05) is 0 Å². The molecule has 4 N–H and O–H groups in total. The highest BCUT2D eigenvalue weighted by Gasteiger charge is 2.25. The summed E-state index contributed by atoms with van der Waals surface area (Å²) in [6, 6.07) is 8.89. The van der Waals surface area contributed by atoms with E-state index in [0.29, 0.717) is 35.7 Å². The van der Waals surface area contributed by atoms with E-state index in [1.54, 1.807) is 6.07 Å². The summed E-state index contributed by atoms with van der Waals surface area (Å²) in [5.41, 5.74) is 8.38. The van der Waals surface area contributed by atoms with E-state index in [9.17, 15) is 4.39 Å². The molecular weight excluding hydrogens is 359 g/mol.